The third-order valence-corrected chi connectivity index (χ3v) is 4.67. The van der Waals surface area contributed by atoms with Gasteiger partial charge in [-0.05, 0) is 54.6 Å². The van der Waals surface area contributed by atoms with Crippen LogP contribution in [0.3, 0.4) is 0 Å². The van der Waals surface area contributed by atoms with Crippen LogP contribution in [0.4, 0.5) is 5.69 Å². The van der Waals surface area contributed by atoms with Crippen LogP contribution < -0.4 is 15.5 Å². The molecule has 1 N–H and O–H groups in total. The average Bonchev–Trinajstić information content (AvgIpc) is 3.28. The summed E-state index contributed by atoms with van der Waals surface area (Å²) in [7, 11) is 0. The molecule has 0 bridgehead atoms. The number of benzene rings is 2. The summed E-state index contributed by atoms with van der Waals surface area (Å²) in [4.78, 5) is 36.8. The molecule has 0 radical (unpaired) electrons. The molecule has 2 heterocycles. The second-order valence-corrected chi connectivity index (χ2v) is 7.11. The third kappa shape index (κ3) is 4.36. The molecular formula is C23H16ClNO6. The van der Waals surface area contributed by atoms with Gasteiger partial charge in [-0.15, -0.1) is 0 Å². The number of rotatable bonds is 6. The van der Waals surface area contributed by atoms with Gasteiger partial charge >= 0.3 is 0 Å². The molecule has 2 aromatic carbocycles. The lowest BCUT2D eigenvalue weighted by molar-refractivity contribution is -0.114. The van der Waals surface area contributed by atoms with Gasteiger partial charge in [0.1, 0.15) is 5.58 Å². The zero-order valence-corrected chi connectivity index (χ0v) is 17.1. The monoisotopic (exact) mass is 437 g/mol. The summed E-state index contributed by atoms with van der Waals surface area (Å²) in [6, 6.07) is 14.3. The van der Waals surface area contributed by atoms with Crippen LogP contribution >= 0.6 is 11.6 Å². The molecule has 0 aliphatic heterocycles. The maximum Gasteiger partial charge on any atom is 0.235 e. The van der Waals surface area contributed by atoms with Crippen molar-refractivity contribution >= 4 is 39.9 Å². The SMILES string of the molecule is CC(=O)Nc1ccc(C(=O)COc2c(-c3ccco3)oc3ccc(Cl)cc3c2=O)cc1. The Morgan fingerprint density at radius 2 is 1.87 bits per heavy atom. The molecule has 4 rings (SSSR count). The largest absolute Gasteiger partial charge is 0.478 e. The standard InChI is InChI=1S/C23H16ClNO6/c1-13(26)25-16-7-4-14(5-8-16)18(27)12-30-23-21(28)17-11-15(24)6-9-19(17)31-22(23)20-3-2-10-29-20/h2-11H,12H2,1H3,(H,25,26). The van der Waals surface area contributed by atoms with Crippen LogP contribution in [-0.2, 0) is 4.79 Å². The molecule has 156 valence electrons. The summed E-state index contributed by atoms with van der Waals surface area (Å²) in [6.45, 7) is 0.996. The number of Topliss-reactive ketones (excluding diaryl/α,β-unsaturated/α-hetero) is 1. The highest BCUT2D eigenvalue weighted by molar-refractivity contribution is 6.31. The molecule has 0 spiro atoms. The van der Waals surface area contributed by atoms with Crippen molar-refractivity contribution in [2.45, 2.75) is 6.92 Å². The van der Waals surface area contributed by atoms with Crippen molar-refractivity contribution in [3.8, 4) is 17.3 Å². The lowest BCUT2D eigenvalue weighted by Gasteiger charge is -2.10. The number of carbonyl (C=O) groups is 2. The van der Waals surface area contributed by atoms with Crippen molar-refractivity contribution in [3.05, 3.63) is 81.7 Å². The van der Waals surface area contributed by atoms with Gasteiger partial charge in [-0.2, -0.15) is 0 Å². The van der Waals surface area contributed by atoms with Gasteiger partial charge in [0.05, 0.1) is 11.6 Å². The van der Waals surface area contributed by atoms with Gasteiger partial charge in [-0.1, -0.05) is 11.6 Å². The third-order valence-electron chi connectivity index (χ3n) is 4.43. The van der Waals surface area contributed by atoms with Crippen molar-refractivity contribution in [1.82, 2.24) is 0 Å². The van der Waals surface area contributed by atoms with Crippen LogP contribution in [0.2, 0.25) is 5.02 Å². The fraction of sp³-hybridized carbons (Fsp3) is 0.0870. The number of ketones is 1. The molecule has 4 aromatic rings. The van der Waals surface area contributed by atoms with E-state index in [-0.39, 0.29) is 34.3 Å². The highest BCUT2D eigenvalue weighted by Crippen LogP contribution is 2.32. The summed E-state index contributed by atoms with van der Waals surface area (Å²) in [5.74, 6) is -0.344. The molecule has 0 aliphatic carbocycles. The number of ether oxygens (including phenoxy) is 1. The van der Waals surface area contributed by atoms with Crippen molar-refractivity contribution in [2.24, 2.45) is 0 Å². The van der Waals surface area contributed by atoms with Gasteiger partial charge in [0.15, 0.2) is 18.2 Å². The zero-order valence-electron chi connectivity index (χ0n) is 16.3. The van der Waals surface area contributed by atoms with Crippen LogP contribution in [0.1, 0.15) is 17.3 Å². The first-order valence-electron chi connectivity index (χ1n) is 9.26. The first kappa shape index (κ1) is 20.4. The first-order chi connectivity index (χ1) is 14.9. The minimum atomic E-state index is -0.469. The summed E-state index contributed by atoms with van der Waals surface area (Å²) in [5, 5.41) is 3.22. The average molecular weight is 438 g/mol. The topological polar surface area (TPSA) is 98.8 Å². The Hall–Kier alpha value is -3.84. The van der Waals surface area contributed by atoms with E-state index in [0.717, 1.165) is 0 Å². The van der Waals surface area contributed by atoms with E-state index in [0.29, 0.717) is 21.9 Å². The molecule has 0 saturated heterocycles. The molecule has 1 amide bonds. The van der Waals surface area contributed by atoms with E-state index in [2.05, 4.69) is 5.32 Å². The number of nitrogens with one attached hydrogen (secondary N) is 1. The van der Waals surface area contributed by atoms with E-state index in [1.165, 1.54) is 19.3 Å². The Balaban J connectivity index is 1.65. The summed E-state index contributed by atoms with van der Waals surface area (Å²) < 4.78 is 16.8. The number of furan rings is 1. The first-order valence-corrected chi connectivity index (χ1v) is 9.64. The summed E-state index contributed by atoms with van der Waals surface area (Å²) in [6.07, 6.45) is 1.44. The second kappa shape index (κ2) is 8.49. The molecule has 7 nitrogen and oxygen atoms in total. The Morgan fingerprint density at radius 1 is 1.10 bits per heavy atom. The Kier molecular flexibility index (Phi) is 5.60. The number of amides is 1. The molecule has 0 aliphatic rings. The van der Waals surface area contributed by atoms with E-state index < -0.39 is 12.0 Å². The molecule has 8 heteroatoms. The van der Waals surface area contributed by atoms with Gasteiger partial charge < -0.3 is 18.9 Å². The van der Waals surface area contributed by atoms with Crippen LogP contribution in [0.25, 0.3) is 22.5 Å². The number of fused-ring (bicyclic) bond motifs is 1. The molecule has 0 saturated carbocycles. The van der Waals surface area contributed by atoms with Gasteiger partial charge in [0, 0.05) is 23.2 Å². The normalized spacial score (nSPS) is 10.8. The Morgan fingerprint density at radius 3 is 2.55 bits per heavy atom. The van der Waals surface area contributed by atoms with Crippen LogP contribution in [0.5, 0.6) is 5.75 Å². The molecule has 0 fully saturated rings. The second-order valence-electron chi connectivity index (χ2n) is 6.68. The minimum absolute atomic E-state index is 0.0821. The minimum Gasteiger partial charge on any atom is -0.478 e. The number of hydrogen-bond donors (Lipinski definition) is 1. The lowest BCUT2D eigenvalue weighted by Crippen LogP contribution is -2.17. The van der Waals surface area contributed by atoms with E-state index in [1.807, 2.05) is 0 Å². The van der Waals surface area contributed by atoms with Gasteiger partial charge in [-0.25, -0.2) is 0 Å². The van der Waals surface area contributed by atoms with E-state index in [9.17, 15) is 14.4 Å². The molecular weight excluding hydrogens is 422 g/mol. The van der Waals surface area contributed by atoms with Crippen LogP contribution in [0, 0.1) is 0 Å². The van der Waals surface area contributed by atoms with Crippen LogP contribution in [-0.4, -0.2) is 18.3 Å². The Labute approximate surface area is 181 Å². The summed E-state index contributed by atoms with van der Waals surface area (Å²) >= 11 is 6.01. The van der Waals surface area contributed by atoms with E-state index in [1.54, 1.807) is 48.5 Å². The predicted molar refractivity (Wildman–Crippen MR) is 116 cm³/mol. The highest BCUT2D eigenvalue weighted by atomic mass is 35.5. The Bertz CT molecular complexity index is 1320. The number of halogens is 1. The number of hydrogen-bond acceptors (Lipinski definition) is 6. The maximum atomic E-state index is 13.1. The predicted octanol–water partition coefficient (Wildman–Crippen LogP) is 4.93. The van der Waals surface area contributed by atoms with Crippen molar-refractivity contribution < 1.29 is 23.2 Å². The number of anilines is 1. The van der Waals surface area contributed by atoms with E-state index >= 15 is 0 Å². The van der Waals surface area contributed by atoms with Crippen molar-refractivity contribution in [1.29, 1.82) is 0 Å². The smallest absolute Gasteiger partial charge is 0.235 e. The quantitative estimate of drug-likeness (QED) is 0.429. The zero-order chi connectivity index (χ0) is 22.0. The fourth-order valence-corrected chi connectivity index (χ4v) is 3.19. The maximum absolute atomic E-state index is 13.1. The lowest BCUT2D eigenvalue weighted by atomic mass is 10.1. The fourth-order valence-electron chi connectivity index (χ4n) is 3.02. The van der Waals surface area contributed by atoms with Crippen molar-refractivity contribution in [2.75, 3.05) is 11.9 Å². The highest BCUT2D eigenvalue weighted by Gasteiger charge is 2.21. The summed E-state index contributed by atoms with van der Waals surface area (Å²) in [5.41, 5.74) is 0.774. The van der Waals surface area contributed by atoms with Gasteiger partial charge in [-0.3, -0.25) is 14.4 Å². The van der Waals surface area contributed by atoms with Gasteiger partial charge in [0.25, 0.3) is 0 Å². The van der Waals surface area contributed by atoms with Gasteiger partial charge in [0.2, 0.25) is 22.8 Å². The molecule has 2 aromatic heterocycles. The molecule has 31 heavy (non-hydrogen) atoms. The van der Waals surface area contributed by atoms with Crippen LogP contribution in [0.15, 0.2) is 74.5 Å². The van der Waals surface area contributed by atoms with Crippen molar-refractivity contribution in [3.63, 3.8) is 0 Å². The van der Waals surface area contributed by atoms with E-state index in [4.69, 9.17) is 25.2 Å². The molecule has 0 atom stereocenters. The molecule has 0 unspecified atom stereocenters. The number of carbonyl (C=O) groups excluding carboxylic acids is 2.